The Morgan fingerprint density at radius 1 is 0.953 bits per heavy atom. The summed E-state index contributed by atoms with van der Waals surface area (Å²) in [6, 6.07) is 17.9. The van der Waals surface area contributed by atoms with E-state index in [1.807, 2.05) is 64.5 Å². The minimum atomic E-state index is -0.638. The number of nitrogens with one attached hydrogen (secondary N) is 1. The maximum absolute atomic E-state index is 15.1. The second-order valence-electron chi connectivity index (χ2n) is 12.0. The summed E-state index contributed by atoms with van der Waals surface area (Å²) in [5.41, 5.74) is 4.96. The van der Waals surface area contributed by atoms with Crippen molar-refractivity contribution >= 4 is 17.3 Å². The fraction of sp³-hybridized carbons (Fsp3) is 0.343. The third-order valence-corrected chi connectivity index (χ3v) is 7.28. The maximum atomic E-state index is 15.1. The number of ether oxygens (including phenoxy) is 1. The molecule has 8 heteroatoms. The van der Waals surface area contributed by atoms with Gasteiger partial charge in [0.25, 0.3) is 5.91 Å². The average Bonchev–Trinajstić information content (AvgIpc) is 2.97. The molecule has 0 fully saturated rings. The fourth-order valence-corrected chi connectivity index (χ4v) is 4.75. The Morgan fingerprint density at radius 3 is 2.47 bits per heavy atom. The monoisotopic (exact) mass is 583 g/mol. The molecule has 4 aromatic rings. The van der Waals surface area contributed by atoms with Crippen molar-refractivity contribution in [1.82, 2.24) is 14.9 Å². The van der Waals surface area contributed by atoms with Crippen LogP contribution in [0.4, 0.5) is 15.8 Å². The first kappa shape index (κ1) is 31.6. The van der Waals surface area contributed by atoms with Gasteiger partial charge in [-0.2, -0.15) is 0 Å². The van der Waals surface area contributed by atoms with E-state index in [0.29, 0.717) is 17.3 Å². The van der Waals surface area contributed by atoms with Crippen LogP contribution in [0.25, 0.3) is 11.1 Å². The molecule has 0 saturated carbocycles. The lowest BCUT2D eigenvalue weighted by atomic mass is 9.86. The number of hydrogen-bond donors (Lipinski definition) is 1. The molecule has 0 unspecified atom stereocenters. The van der Waals surface area contributed by atoms with Gasteiger partial charge in [0.1, 0.15) is 11.6 Å². The van der Waals surface area contributed by atoms with Crippen LogP contribution in [0.15, 0.2) is 73.1 Å². The van der Waals surface area contributed by atoms with E-state index in [1.54, 1.807) is 12.4 Å². The molecule has 4 rings (SSSR count). The number of benzene rings is 2. The Morgan fingerprint density at radius 2 is 1.74 bits per heavy atom. The highest BCUT2D eigenvalue weighted by Crippen LogP contribution is 2.34. The summed E-state index contributed by atoms with van der Waals surface area (Å²) in [5, 5.41) is 2.99. The molecule has 43 heavy (non-hydrogen) atoms. The second-order valence-corrected chi connectivity index (χ2v) is 12.0. The lowest BCUT2D eigenvalue weighted by Gasteiger charge is -2.26. The summed E-state index contributed by atoms with van der Waals surface area (Å²) in [6.45, 7) is 10.2. The minimum absolute atomic E-state index is 0.116. The van der Waals surface area contributed by atoms with Gasteiger partial charge in [-0.3, -0.25) is 9.78 Å². The van der Waals surface area contributed by atoms with Crippen molar-refractivity contribution in [3.05, 3.63) is 95.7 Å². The minimum Gasteiger partial charge on any atom is -0.438 e. The smallest absolute Gasteiger partial charge is 0.258 e. The highest BCUT2D eigenvalue weighted by Gasteiger charge is 2.21. The number of carbonyl (C=O) groups is 1. The van der Waals surface area contributed by atoms with Crippen LogP contribution in [-0.4, -0.2) is 55.0 Å². The van der Waals surface area contributed by atoms with Crippen molar-refractivity contribution < 1.29 is 13.9 Å². The number of carbonyl (C=O) groups excluding carboxylic acids is 1. The van der Waals surface area contributed by atoms with Gasteiger partial charge in [0.05, 0.1) is 16.9 Å². The Kier molecular flexibility index (Phi) is 10.1. The molecule has 0 aliphatic carbocycles. The van der Waals surface area contributed by atoms with Crippen molar-refractivity contribution in [1.29, 1.82) is 0 Å². The highest BCUT2D eigenvalue weighted by atomic mass is 19.1. The topological polar surface area (TPSA) is 70.6 Å². The second kappa shape index (κ2) is 13.8. The number of anilines is 2. The molecule has 0 aliphatic rings. The third-order valence-electron chi connectivity index (χ3n) is 7.28. The number of amides is 1. The normalized spacial score (nSPS) is 11.5. The Labute approximate surface area is 254 Å². The Bertz CT molecular complexity index is 1560. The molecule has 1 amide bonds. The zero-order chi connectivity index (χ0) is 31.1. The molecular weight excluding hydrogens is 541 g/mol. The quantitative estimate of drug-likeness (QED) is 0.196. The van der Waals surface area contributed by atoms with Gasteiger partial charge < -0.3 is 19.9 Å². The van der Waals surface area contributed by atoms with Gasteiger partial charge in [-0.15, -0.1) is 0 Å². The molecular formula is C35H42FN5O2. The summed E-state index contributed by atoms with van der Waals surface area (Å²) in [6.07, 6.45) is 5.15. The van der Waals surface area contributed by atoms with Gasteiger partial charge in [0, 0.05) is 37.2 Å². The lowest BCUT2D eigenvalue weighted by Crippen LogP contribution is -2.25. The van der Waals surface area contributed by atoms with Crippen molar-refractivity contribution in [2.24, 2.45) is 0 Å². The van der Waals surface area contributed by atoms with Crippen LogP contribution < -0.4 is 15.0 Å². The Hall–Kier alpha value is -4.30. The maximum Gasteiger partial charge on any atom is 0.258 e. The fourth-order valence-electron chi connectivity index (χ4n) is 4.75. The molecule has 0 spiro atoms. The van der Waals surface area contributed by atoms with Crippen LogP contribution in [0.5, 0.6) is 11.6 Å². The standard InChI is InChI=1S/C35H42FN5O2/c1-8-26-21-24(16-18-37-26)28-11-9-17-38-34(28)43-27-13-14-30(36)29(23-27)33(42)39-31-22-25(35(2,3)4)12-15-32(31)41(7)20-10-19-40(5)6/h9,11-18,21-23H,8,10,19-20H2,1-7H3,(H,39,42). The zero-order valence-corrected chi connectivity index (χ0v) is 26.2. The van der Waals surface area contributed by atoms with Crippen LogP contribution in [0.1, 0.15) is 55.7 Å². The number of halogens is 1. The molecule has 7 nitrogen and oxygen atoms in total. The van der Waals surface area contributed by atoms with E-state index in [-0.39, 0.29) is 11.0 Å². The number of aromatic nitrogens is 2. The highest BCUT2D eigenvalue weighted by molar-refractivity contribution is 6.06. The van der Waals surface area contributed by atoms with E-state index in [0.717, 1.165) is 54.0 Å². The molecule has 0 atom stereocenters. The summed E-state index contributed by atoms with van der Waals surface area (Å²) in [4.78, 5) is 26.6. The zero-order valence-electron chi connectivity index (χ0n) is 26.2. The summed E-state index contributed by atoms with van der Waals surface area (Å²) in [7, 11) is 6.10. The van der Waals surface area contributed by atoms with E-state index in [1.165, 1.54) is 18.2 Å². The number of rotatable bonds is 11. The van der Waals surface area contributed by atoms with Gasteiger partial charge in [0.15, 0.2) is 0 Å². The number of hydrogen-bond acceptors (Lipinski definition) is 6. The van der Waals surface area contributed by atoms with E-state index in [4.69, 9.17) is 4.74 Å². The first-order valence-corrected chi connectivity index (χ1v) is 14.7. The van der Waals surface area contributed by atoms with Crippen molar-refractivity contribution in [3.63, 3.8) is 0 Å². The SMILES string of the molecule is CCc1cc(-c2cccnc2Oc2ccc(F)c(C(=O)Nc3cc(C(C)(C)C)ccc3N(C)CCCN(C)C)c2)ccn1. The molecule has 226 valence electrons. The summed E-state index contributed by atoms with van der Waals surface area (Å²) in [5.74, 6) is -0.533. The van der Waals surface area contributed by atoms with Crippen LogP contribution >= 0.6 is 0 Å². The van der Waals surface area contributed by atoms with E-state index in [9.17, 15) is 4.79 Å². The lowest BCUT2D eigenvalue weighted by molar-refractivity contribution is 0.102. The van der Waals surface area contributed by atoms with E-state index >= 15 is 4.39 Å². The largest absolute Gasteiger partial charge is 0.438 e. The molecule has 2 aromatic carbocycles. The van der Waals surface area contributed by atoms with E-state index in [2.05, 4.69) is 51.9 Å². The molecule has 0 aliphatic heterocycles. The van der Waals surface area contributed by atoms with Gasteiger partial charge >= 0.3 is 0 Å². The predicted molar refractivity (Wildman–Crippen MR) is 173 cm³/mol. The van der Waals surface area contributed by atoms with Gasteiger partial charge in [-0.05, 0) is 105 Å². The average molecular weight is 584 g/mol. The number of aryl methyl sites for hydroxylation is 1. The molecule has 0 bridgehead atoms. The van der Waals surface area contributed by atoms with Crippen LogP contribution in [0.3, 0.4) is 0 Å². The summed E-state index contributed by atoms with van der Waals surface area (Å²) >= 11 is 0. The van der Waals surface area contributed by atoms with E-state index < -0.39 is 11.7 Å². The molecule has 1 N–H and O–H groups in total. The Balaban J connectivity index is 1.62. The first-order chi connectivity index (χ1) is 20.5. The molecule has 2 aromatic heterocycles. The number of nitrogens with zero attached hydrogens (tertiary/aromatic N) is 4. The van der Waals surface area contributed by atoms with Crippen molar-refractivity contribution in [2.45, 2.75) is 46.0 Å². The number of pyridine rings is 2. The van der Waals surface area contributed by atoms with Crippen molar-refractivity contribution in [3.8, 4) is 22.8 Å². The molecule has 0 radical (unpaired) electrons. The molecule has 0 saturated heterocycles. The van der Waals surface area contributed by atoms with Crippen LogP contribution in [-0.2, 0) is 11.8 Å². The first-order valence-electron chi connectivity index (χ1n) is 14.7. The van der Waals surface area contributed by atoms with Crippen LogP contribution in [0, 0.1) is 5.82 Å². The predicted octanol–water partition coefficient (Wildman–Crippen LogP) is 7.58. The van der Waals surface area contributed by atoms with Crippen molar-refractivity contribution in [2.75, 3.05) is 44.4 Å². The van der Waals surface area contributed by atoms with Crippen LogP contribution in [0.2, 0.25) is 0 Å². The van der Waals surface area contributed by atoms with Gasteiger partial charge in [-0.1, -0.05) is 33.8 Å². The molecule has 2 heterocycles. The van der Waals surface area contributed by atoms with Gasteiger partial charge in [-0.25, -0.2) is 9.37 Å². The van der Waals surface area contributed by atoms with Gasteiger partial charge in [0.2, 0.25) is 5.88 Å². The summed E-state index contributed by atoms with van der Waals surface area (Å²) < 4.78 is 21.2. The third kappa shape index (κ3) is 8.17.